The number of benzene rings is 2. The van der Waals surface area contributed by atoms with Crippen molar-refractivity contribution in [3.63, 3.8) is 0 Å². The van der Waals surface area contributed by atoms with Gasteiger partial charge in [0.05, 0.1) is 6.26 Å². The van der Waals surface area contributed by atoms with Crippen LogP contribution in [0.1, 0.15) is 25.3 Å². The Bertz CT molecular complexity index is 1260. The zero-order valence-corrected chi connectivity index (χ0v) is 19.5. The van der Waals surface area contributed by atoms with E-state index in [0.717, 1.165) is 51.7 Å². The zero-order valence-electron chi connectivity index (χ0n) is 18.6. The third-order valence-electron chi connectivity index (χ3n) is 6.06. The predicted molar refractivity (Wildman–Crippen MR) is 132 cm³/mol. The average Bonchev–Trinajstić information content (AvgIpc) is 2.78. The number of fused-ring (bicyclic) bond motifs is 1. The van der Waals surface area contributed by atoms with Gasteiger partial charge in [0.1, 0.15) is 0 Å². The standard InChI is InChI=1S/C24H29N5O2S/c1-16(25)21-13-17(4-5-23(21)26-2)19-12-18-6-9-27-15-22(18)24(14-19)28-20-7-10-29(11-8-20)32(3,30)31/h4-6,9,12-15,20,25-26,28H,7-8,10-11H2,1-3H3. The van der Waals surface area contributed by atoms with Gasteiger partial charge in [-0.1, -0.05) is 6.07 Å². The van der Waals surface area contributed by atoms with Gasteiger partial charge < -0.3 is 16.0 Å². The molecule has 4 rings (SSSR count). The Balaban J connectivity index is 1.69. The molecule has 1 aliphatic heterocycles. The Morgan fingerprint density at radius 2 is 1.84 bits per heavy atom. The van der Waals surface area contributed by atoms with Crippen molar-refractivity contribution in [2.45, 2.75) is 25.8 Å². The van der Waals surface area contributed by atoms with E-state index in [1.807, 2.05) is 31.4 Å². The summed E-state index contributed by atoms with van der Waals surface area (Å²) >= 11 is 0. The molecule has 0 unspecified atom stereocenters. The minimum absolute atomic E-state index is 0.192. The summed E-state index contributed by atoms with van der Waals surface area (Å²) in [5, 5.41) is 17.1. The second-order valence-electron chi connectivity index (χ2n) is 8.34. The Hall–Kier alpha value is -2.97. The molecule has 32 heavy (non-hydrogen) atoms. The maximum atomic E-state index is 11.8. The SMILES string of the molecule is CNc1ccc(-c2cc(NC3CCN(S(C)(=O)=O)CC3)c3cnccc3c2)cc1C(C)=N. The quantitative estimate of drug-likeness (QED) is 0.489. The van der Waals surface area contributed by atoms with Gasteiger partial charge in [-0.25, -0.2) is 12.7 Å². The van der Waals surface area contributed by atoms with Crippen LogP contribution in [0, 0.1) is 5.41 Å². The van der Waals surface area contributed by atoms with E-state index in [2.05, 4.69) is 33.8 Å². The van der Waals surface area contributed by atoms with Gasteiger partial charge >= 0.3 is 0 Å². The fraction of sp³-hybridized carbons (Fsp3) is 0.333. The van der Waals surface area contributed by atoms with Gasteiger partial charge in [0.2, 0.25) is 10.0 Å². The number of nitrogens with one attached hydrogen (secondary N) is 3. The van der Waals surface area contributed by atoms with Crippen molar-refractivity contribution in [1.29, 1.82) is 5.41 Å². The molecule has 1 fully saturated rings. The largest absolute Gasteiger partial charge is 0.388 e. The van der Waals surface area contributed by atoms with Crippen LogP contribution in [-0.2, 0) is 10.0 Å². The molecule has 1 aromatic heterocycles. The van der Waals surface area contributed by atoms with Gasteiger partial charge in [-0.3, -0.25) is 4.98 Å². The van der Waals surface area contributed by atoms with Crippen molar-refractivity contribution in [3.8, 4) is 11.1 Å². The van der Waals surface area contributed by atoms with E-state index < -0.39 is 10.0 Å². The molecule has 0 radical (unpaired) electrons. The summed E-state index contributed by atoms with van der Waals surface area (Å²) in [5.74, 6) is 0. The predicted octanol–water partition coefficient (Wildman–Crippen LogP) is 4.17. The first-order valence-corrected chi connectivity index (χ1v) is 12.6. The summed E-state index contributed by atoms with van der Waals surface area (Å²) in [6.07, 6.45) is 6.44. The van der Waals surface area contributed by atoms with Gasteiger partial charge in [0.15, 0.2) is 0 Å². The molecule has 0 atom stereocenters. The first-order valence-electron chi connectivity index (χ1n) is 10.7. The highest BCUT2D eigenvalue weighted by Crippen LogP contribution is 2.33. The third-order valence-corrected chi connectivity index (χ3v) is 7.37. The highest BCUT2D eigenvalue weighted by Gasteiger charge is 2.25. The molecule has 3 aromatic rings. The number of aromatic nitrogens is 1. The summed E-state index contributed by atoms with van der Waals surface area (Å²) in [5.41, 5.74) is 5.42. The van der Waals surface area contributed by atoms with Gasteiger partial charge in [-0.05, 0) is 66.6 Å². The van der Waals surface area contributed by atoms with Crippen LogP contribution < -0.4 is 10.6 Å². The number of sulfonamides is 1. The summed E-state index contributed by atoms with van der Waals surface area (Å²) in [6, 6.07) is 12.6. The highest BCUT2D eigenvalue weighted by molar-refractivity contribution is 7.88. The molecule has 1 aliphatic rings. The molecule has 2 aromatic carbocycles. The average molecular weight is 452 g/mol. The van der Waals surface area contributed by atoms with E-state index >= 15 is 0 Å². The van der Waals surface area contributed by atoms with E-state index in [-0.39, 0.29) is 6.04 Å². The smallest absolute Gasteiger partial charge is 0.211 e. The first kappa shape index (κ1) is 22.2. The fourth-order valence-corrected chi connectivity index (χ4v) is 5.16. The fourth-order valence-electron chi connectivity index (χ4n) is 4.29. The monoisotopic (exact) mass is 451 g/mol. The highest BCUT2D eigenvalue weighted by atomic mass is 32.2. The molecular weight excluding hydrogens is 422 g/mol. The third kappa shape index (κ3) is 4.61. The molecule has 0 saturated carbocycles. The van der Waals surface area contributed by atoms with Crippen LogP contribution >= 0.6 is 0 Å². The second-order valence-corrected chi connectivity index (χ2v) is 10.3. The van der Waals surface area contributed by atoms with Crippen LogP contribution in [0.5, 0.6) is 0 Å². The van der Waals surface area contributed by atoms with Gasteiger partial charge in [-0.15, -0.1) is 0 Å². The van der Waals surface area contributed by atoms with Crippen molar-refractivity contribution in [2.75, 3.05) is 37.0 Å². The minimum atomic E-state index is -3.14. The number of anilines is 2. The van der Waals surface area contributed by atoms with Crippen LogP contribution in [-0.4, -0.2) is 55.9 Å². The Morgan fingerprint density at radius 1 is 1.09 bits per heavy atom. The number of nitrogens with zero attached hydrogens (tertiary/aromatic N) is 2. The maximum absolute atomic E-state index is 11.8. The summed E-state index contributed by atoms with van der Waals surface area (Å²) in [6.45, 7) is 2.85. The van der Waals surface area contributed by atoms with Gasteiger partial charge in [0.25, 0.3) is 0 Å². The lowest BCUT2D eigenvalue weighted by atomic mass is 9.96. The molecule has 1 saturated heterocycles. The van der Waals surface area contributed by atoms with Gasteiger partial charge in [-0.2, -0.15) is 0 Å². The van der Waals surface area contributed by atoms with Crippen LogP contribution in [0.4, 0.5) is 11.4 Å². The van der Waals surface area contributed by atoms with Crippen LogP contribution in [0.25, 0.3) is 21.9 Å². The molecule has 0 aliphatic carbocycles. The summed E-state index contributed by atoms with van der Waals surface area (Å²) in [4.78, 5) is 4.31. The van der Waals surface area contributed by atoms with Crippen molar-refractivity contribution in [1.82, 2.24) is 9.29 Å². The second kappa shape index (κ2) is 8.88. The normalized spacial score (nSPS) is 15.6. The van der Waals surface area contributed by atoms with Crippen molar-refractivity contribution < 1.29 is 8.42 Å². The summed E-state index contributed by atoms with van der Waals surface area (Å²) < 4.78 is 25.2. The lowest BCUT2D eigenvalue weighted by Crippen LogP contribution is -2.41. The van der Waals surface area contributed by atoms with Crippen LogP contribution in [0.15, 0.2) is 48.8 Å². The van der Waals surface area contributed by atoms with E-state index in [9.17, 15) is 8.42 Å². The van der Waals surface area contributed by atoms with E-state index in [0.29, 0.717) is 18.8 Å². The van der Waals surface area contributed by atoms with Crippen molar-refractivity contribution in [3.05, 3.63) is 54.4 Å². The number of pyridine rings is 1. The van der Waals surface area contributed by atoms with Crippen molar-refractivity contribution in [2.24, 2.45) is 0 Å². The van der Waals surface area contributed by atoms with E-state index in [1.165, 1.54) is 6.26 Å². The Labute approximate surface area is 189 Å². The minimum Gasteiger partial charge on any atom is -0.388 e. The summed E-state index contributed by atoms with van der Waals surface area (Å²) in [7, 11) is -1.28. The number of hydrogen-bond donors (Lipinski definition) is 3. The first-order chi connectivity index (χ1) is 15.3. The molecule has 0 spiro atoms. The molecular formula is C24H29N5O2S. The van der Waals surface area contributed by atoms with Crippen LogP contribution in [0.3, 0.4) is 0 Å². The molecule has 0 bridgehead atoms. The molecule has 3 N–H and O–H groups in total. The number of hydrogen-bond acceptors (Lipinski definition) is 6. The lowest BCUT2D eigenvalue weighted by Gasteiger charge is -2.31. The molecule has 2 heterocycles. The number of rotatable bonds is 6. The van der Waals surface area contributed by atoms with Gasteiger partial charge in [0, 0.05) is 66.6 Å². The topological polar surface area (TPSA) is 98.2 Å². The molecule has 0 amide bonds. The molecule has 168 valence electrons. The molecule has 7 nitrogen and oxygen atoms in total. The Kier molecular flexibility index (Phi) is 6.17. The van der Waals surface area contributed by atoms with E-state index in [4.69, 9.17) is 5.41 Å². The van der Waals surface area contributed by atoms with Crippen LogP contribution in [0.2, 0.25) is 0 Å². The number of piperidine rings is 1. The van der Waals surface area contributed by atoms with Crippen molar-refractivity contribution >= 4 is 37.9 Å². The molecule has 8 heteroatoms. The maximum Gasteiger partial charge on any atom is 0.211 e. The Morgan fingerprint density at radius 3 is 2.50 bits per heavy atom. The lowest BCUT2D eigenvalue weighted by molar-refractivity contribution is 0.332. The zero-order chi connectivity index (χ0) is 22.9. The van der Waals surface area contributed by atoms with E-state index in [1.54, 1.807) is 17.4 Å².